The molecule has 2 N–H and O–H groups in total. The van der Waals surface area contributed by atoms with E-state index in [0.29, 0.717) is 36.8 Å². The lowest BCUT2D eigenvalue weighted by molar-refractivity contribution is -0.984. The summed E-state index contributed by atoms with van der Waals surface area (Å²) in [5.74, 6) is 1.74. The van der Waals surface area contributed by atoms with E-state index in [1.54, 1.807) is 36.7 Å². The summed E-state index contributed by atoms with van der Waals surface area (Å²) >= 11 is 0. The molecule has 2 aromatic heterocycles. The fourth-order valence-corrected chi connectivity index (χ4v) is 13.6. The normalized spacial score (nSPS) is 29.3. The van der Waals surface area contributed by atoms with Gasteiger partial charge in [-0.2, -0.15) is 0 Å². The third kappa shape index (κ3) is 6.95. The second kappa shape index (κ2) is 15.7. The maximum atomic E-state index is 14.2. The topological polar surface area (TPSA) is 100 Å². The third-order valence-electron chi connectivity index (χ3n) is 15.5. The predicted octanol–water partition coefficient (Wildman–Crippen LogP) is 8.91. The first-order valence-electron chi connectivity index (χ1n) is 22.0. The second-order valence-electron chi connectivity index (χ2n) is 18.6. The number of fused-ring (bicyclic) bond motifs is 8. The first-order valence-corrected chi connectivity index (χ1v) is 23.5. The number of benzene rings is 4. The lowest BCUT2D eigenvalue weighted by Gasteiger charge is -2.58. The minimum Gasteiger partial charge on any atom is -0.382 e. The maximum absolute atomic E-state index is 14.2. The molecule has 0 spiro atoms. The molecule has 6 saturated heterocycles. The van der Waals surface area contributed by atoms with Crippen molar-refractivity contribution in [3.05, 3.63) is 169 Å². The van der Waals surface area contributed by atoms with Gasteiger partial charge in [-0.05, 0) is 71.5 Å². The second-order valence-corrected chi connectivity index (χ2v) is 20.5. The summed E-state index contributed by atoms with van der Waals surface area (Å²) in [6.45, 7) is 13.5. The first-order chi connectivity index (χ1) is 29.6. The zero-order valence-electron chi connectivity index (χ0n) is 34.7. The summed E-state index contributed by atoms with van der Waals surface area (Å²) in [4.78, 5) is 9.64. The molecule has 0 radical (unpaired) electrons. The summed E-state index contributed by atoms with van der Waals surface area (Å²) in [6, 6.07) is 34.8. The van der Waals surface area contributed by atoms with Crippen molar-refractivity contribution in [2.75, 3.05) is 26.2 Å². The van der Waals surface area contributed by atoms with Crippen molar-refractivity contribution in [2.24, 2.45) is 23.7 Å². The van der Waals surface area contributed by atoms with Crippen LogP contribution in [0.5, 0.6) is 0 Å². The van der Waals surface area contributed by atoms with E-state index < -0.39 is 22.0 Å². The van der Waals surface area contributed by atoms with Crippen LogP contribution in [0.4, 0.5) is 0 Å². The zero-order valence-corrected chi connectivity index (χ0v) is 35.5. The SMILES string of the molecule is C=C[C@H]1C[N@+]2(Cc3ccc(S(=O)(=O)c4ccc(C[N@@+]56CC[C@@H](C[C@@H]5[C@H](O)c5ccnc7ccccc57)[C@@H](C=C)C6)cc4)cc3)CC[C@H]1C[C@@H]2[C@H](O)c1ccnc2ccccc12. The van der Waals surface area contributed by atoms with Gasteiger partial charge in [0.15, 0.2) is 0 Å². The van der Waals surface area contributed by atoms with E-state index in [1.807, 2.05) is 84.9 Å². The quantitative estimate of drug-likeness (QED) is 0.0945. The Morgan fingerprint density at radius 1 is 0.607 bits per heavy atom. The molecule has 12 rings (SSSR count). The Kier molecular flexibility index (Phi) is 10.3. The molecule has 312 valence electrons. The summed E-state index contributed by atoms with van der Waals surface area (Å²) in [5, 5.41) is 26.3. The van der Waals surface area contributed by atoms with Gasteiger partial charge in [0, 0.05) is 71.8 Å². The largest absolute Gasteiger partial charge is 0.382 e. The third-order valence-corrected chi connectivity index (χ3v) is 17.3. The van der Waals surface area contributed by atoms with Crippen molar-refractivity contribution < 1.29 is 27.6 Å². The fraction of sp³-hybridized carbons (Fsp3) is 0.346. The number of sulfone groups is 1. The van der Waals surface area contributed by atoms with Gasteiger partial charge in [-0.1, -0.05) is 72.8 Å². The molecule has 0 amide bonds. The number of aromatic nitrogens is 2. The summed E-state index contributed by atoms with van der Waals surface area (Å²) in [5.41, 5.74) is 5.72. The Hall–Kier alpha value is -5.03. The Morgan fingerprint density at radius 3 is 1.43 bits per heavy atom. The van der Waals surface area contributed by atoms with Gasteiger partial charge in [-0.3, -0.25) is 9.97 Å². The molecule has 61 heavy (non-hydrogen) atoms. The van der Waals surface area contributed by atoms with Gasteiger partial charge in [-0.25, -0.2) is 8.42 Å². The molecule has 10 atom stereocenters. The average Bonchev–Trinajstić information content (AvgIpc) is 3.31. The number of para-hydroxylation sites is 2. The van der Waals surface area contributed by atoms with Crippen molar-refractivity contribution in [1.82, 2.24) is 9.97 Å². The van der Waals surface area contributed by atoms with Crippen LogP contribution in [0.1, 0.15) is 60.1 Å². The standard InChI is InChI=1S/C52H56N4O4S/c1-3-37-33-55(27-23-39(37)29-49(55)51(57)45-21-25-53-47-11-7-5-9-43(45)47)31-35-13-17-41(18-14-35)61(59,60)42-19-15-36(16-20-42)32-56-28-24-40(38(4-2)34-56)30-50(56)52(58)46-22-26-54-48-12-8-6-10-44(46)48/h3-22,25-26,37-40,49-52,57-58H,1-2,23-24,27-34H2/q+2/t37-,38-,39-,40-,49+,50+,51+,52+,55+,56+/m0/s1. The van der Waals surface area contributed by atoms with E-state index >= 15 is 0 Å². The van der Waals surface area contributed by atoms with Crippen LogP contribution < -0.4 is 0 Å². The highest BCUT2D eigenvalue weighted by Crippen LogP contribution is 2.50. The molecule has 6 aliphatic rings. The number of hydrogen-bond acceptors (Lipinski definition) is 6. The van der Waals surface area contributed by atoms with E-state index in [4.69, 9.17) is 0 Å². The van der Waals surface area contributed by atoms with Crippen molar-refractivity contribution >= 4 is 31.6 Å². The highest BCUT2D eigenvalue weighted by molar-refractivity contribution is 7.91. The smallest absolute Gasteiger partial charge is 0.206 e. The van der Waals surface area contributed by atoms with Gasteiger partial charge < -0.3 is 19.2 Å². The summed E-state index contributed by atoms with van der Waals surface area (Å²) < 4.78 is 29.8. The molecule has 9 heteroatoms. The summed E-state index contributed by atoms with van der Waals surface area (Å²) in [6.07, 6.45) is 10.5. The molecule has 8 heterocycles. The Labute approximate surface area is 359 Å². The van der Waals surface area contributed by atoms with Crippen LogP contribution in [0.25, 0.3) is 21.8 Å². The number of aliphatic hydroxyl groups is 2. The zero-order chi connectivity index (χ0) is 41.9. The Balaban J connectivity index is 0.885. The molecule has 6 aliphatic heterocycles. The molecule has 0 unspecified atom stereocenters. The van der Waals surface area contributed by atoms with Crippen molar-refractivity contribution in [3.8, 4) is 0 Å². The average molecular weight is 833 g/mol. The van der Waals surface area contributed by atoms with E-state index in [0.717, 1.165) is 105 Å². The van der Waals surface area contributed by atoms with E-state index in [2.05, 4.69) is 35.3 Å². The van der Waals surface area contributed by atoms with E-state index in [1.165, 1.54) is 0 Å². The molecular formula is C52H56N4O4S+2. The monoisotopic (exact) mass is 832 g/mol. The highest BCUT2D eigenvalue weighted by Gasteiger charge is 2.55. The minimum atomic E-state index is -3.78. The van der Waals surface area contributed by atoms with Crippen LogP contribution in [0.15, 0.2) is 157 Å². The number of nitrogens with zero attached hydrogens (tertiary/aromatic N) is 4. The van der Waals surface area contributed by atoms with Crippen LogP contribution in [0, 0.1) is 23.7 Å². The van der Waals surface area contributed by atoms with Crippen LogP contribution in [0.3, 0.4) is 0 Å². The van der Waals surface area contributed by atoms with Gasteiger partial charge in [0.25, 0.3) is 0 Å². The number of aliphatic hydroxyl groups excluding tert-OH is 2. The predicted molar refractivity (Wildman–Crippen MR) is 240 cm³/mol. The molecule has 0 aliphatic carbocycles. The van der Waals surface area contributed by atoms with Gasteiger partial charge in [0.1, 0.15) is 37.4 Å². The molecule has 0 saturated carbocycles. The lowest BCUT2D eigenvalue weighted by atomic mass is 9.71. The van der Waals surface area contributed by atoms with E-state index in [9.17, 15) is 18.6 Å². The van der Waals surface area contributed by atoms with Crippen LogP contribution in [-0.4, -0.2) is 75.8 Å². The molecule has 4 bridgehead atoms. The lowest BCUT2D eigenvalue weighted by Crippen LogP contribution is -2.67. The maximum Gasteiger partial charge on any atom is 0.206 e. The Bertz CT molecular complexity index is 2530. The minimum absolute atomic E-state index is 0.00112. The molecular weight excluding hydrogens is 777 g/mol. The van der Waals surface area contributed by atoms with Gasteiger partial charge in [-0.15, -0.1) is 13.2 Å². The molecule has 8 nitrogen and oxygen atoms in total. The van der Waals surface area contributed by atoms with Crippen LogP contribution in [-0.2, 0) is 22.9 Å². The van der Waals surface area contributed by atoms with Gasteiger partial charge >= 0.3 is 0 Å². The number of quaternary nitrogens is 2. The van der Waals surface area contributed by atoms with Crippen molar-refractivity contribution in [1.29, 1.82) is 0 Å². The highest BCUT2D eigenvalue weighted by atomic mass is 32.2. The molecule has 4 aromatic carbocycles. The van der Waals surface area contributed by atoms with Gasteiger partial charge in [0.2, 0.25) is 9.84 Å². The summed E-state index contributed by atoms with van der Waals surface area (Å²) in [7, 11) is -3.78. The Morgan fingerprint density at radius 2 is 1.02 bits per heavy atom. The number of piperidine rings is 6. The number of rotatable bonds is 12. The van der Waals surface area contributed by atoms with Crippen molar-refractivity contribution in [2.45, 2.75) is 72.9 Å². The van der Waals surface area contributed by atoms with E-state index in [-0.39, 0.29) is 21.9 Å². The van der Waals surface area contributed by atoms with Crippen molar-refractivity contribution in [3.63, 3.8) is 0 Å². The van der Waals surface area contributed by atoms with Crippen LogP contribution >= 0.6 is 0 Å². The van der Waals surface area contributed by atoms with Gasteiger partial charge in [0.05, 0.1) is 47.0 Å². The molecule has 6 fully saturated rings. The molecule has 6 aromatic rings. The number of pyridine rings is 2. The fourth-order valence-electron chi connectivity index (χ4n) is 12.3. The van der Waals surface area contributed by atoms with Crippen LogP contribution in [0.2, 0.25) is 0 Å². The number of hydrogen-bond donors (Lipinski definition) is 2. The first kappa shape index (κ1) is 40.1.